The summed E-state index contributed by atoms with van der Waals surface area (Å²) < 4.78 is 0. The highest BCUT2D eigenvalue weighted by atomic mass is 14.7. The maximum atomic E-state index is 3.30. The van der Waals surface area contributed by atoms with Gasteiger partial charge in [0.1, 0.15) is 0 Å². The summed E-state index contributed by atoms with van der Waals surface area (Å²) in [5.41, 5.74) is 0. The molecule has 0 rings (SSSR count). The van der Waals surface area contributed by atoms with Crippen molar-refractivity contribution in [2.45, 2.75) is 39.3 Å². The summed E-state index contributed by atoms with van der Waals surface area (Å²) in [5.74, 6) is 1.49. The standard InChI is InChI=1S/C7H18BN/c1-6(2)8(9-5)7(3)4/h6-7,9H,1-5H3. The second-order valence-corrected chi connectivity index (χ2v) is 3.30. The molecule has 2 heteroatoms. The molecule has 0 aliphatic rings. The van der Waals surface area contributed by atoms with Gasteiger partial charge in [-0.2, -0.15) is 0 Å². The Bertz CT molecular complexity index is 63.3. The van der Waals surface area contributed by atoms with Crippen molar-refractivity contribution in [3.05, 3.63) is 0 Å². The molecule has 0 heterocycles. The first-order valence-corrected chi connectivity index (χ1v) is 3.76. The van der Waals surface area contributed by atoms with Gasteiger partial charge in [0.25, 0.3) is 0 Å². The quantitative estimate of drug-likeness (QED) is 0.572. The fourth-order valence-electron chi connectivity index (χ4n) is 1.44. The lowest BCUT2D eigenvalue weighted by molar-refractivity contribution is 0.889. The molecule has 0 saturated heterocycles. The third-order valence-corrected chi connectivity index (χ3v) is 1.77. The van der Waals surface area contributed by atoms with Crippen LogP contribution in [0.1, 0.15) is 27.7 Å². The van der Waals surface area contributed by atoms with Crippen molar-refractivity contribution in [3.8, 4) is 0 Å². The Kier molecular flexibility index (Phi) is 3.95. The van der Waals surface area contributed by atoms with Gasteiger partial charge in [-0.05, 0) is 7.05 Å². The lowest BCUT2D eigenvalue weighted by Crippen LogP contribution is -2.36. The third kappa shape index (κ3) is 2.90. The van der Waals surface area contributed by atoms with Crippen molar-refractivity contribution in [2.24, 2.45) is 0 Å². The summed E-state index contributed by atoms with van der Waals surface area (Å²) in [6, 6.07) is 0. The summed E-state index contributed by atoms with van der Waals surface area (Å²) in [4.78, 5) is 0. The monoisotopic (exact) mass is 127 g/mol. The van der Waals surface area contributed by atoms with Crippen LogP contribution in [0.15, 0.2) is 0 Å². The summed E-state index contributed by atoms with van der Waals surface area (Å²) in [6.45, 7) is 9.68. The lowest BCUT2D eigenvalue weighted by atomic mass is 9.45. The van der Waals surface area contributed by atoms with Crippen LogP contribution in [-0.2, 0) is 0 Å². The fourth-order valence-corrected chi connectivity index (χ4v) is 1.44. The Labute approximate surface area is 59.3 Å². The first-order chi connectivity index (χ1) is 4.09. The molecule has 0 radical (unpaired) electrons. The fraction of sp³-hybridized carbons (Fsp3) is 1.00. The molecule has 0 fully saturated rings. The smallest absolute Gasteiger partial charge is 0.225 e. The van der Waals surface area contributed by atoms with Crippen LogP contribution >= 0.6 is 0 Å². The van der Waals surface area contributed by atoms with E-state index in [4.69, 9.17) is 0 Å². The minimum atomic E-state index is 0.671. The average molecular weight is 127 g/mol. The molecule has 0 aromatic heterocycles. The van der Waals surface area contributed by atoms with Gasteiger partial charge < -0.3 is 5.23 Å². The summed E-state index contributed by atoms with van der Waals surface area (Å²) in [7, 11) is 2.03. The molecule has 1 N–H and O–H groups in total. The zero-order chi connectivity index (χ0) is 7.44. The first kappa shape index (κ1) is 9.02. The van der Waals surface area contributed by atoms with E-state index in [0.29, 0.717) is 6.85 Å². The van der Waals surface area contributed by atoms with Crippen LogP contribution in [0.4, 0.5) is 0 Å². The maximum absolute atomic E-state index is 3.30. The minimum Gasteiger partial charge on any atom is -0.358 e. The number of hydrogen-bond acceptors (Lipinski definition) is 1. The Morgan fingerprint density at radius 1 is 1.00 bits per heavy atom. The number of rotatable bonds is 3. The SMILES string of the molecule is CNB(C(C)C)C(C)C. The molecule has 0 unspecified atom stereocenters. The minimum absolute atomic E-state index is 0.671. The highest BCUT2D eigenvalue weighted by Gasteiger charge is 2.19. The van der Waals surface area contributed by atoms with E-state index in [-0.39, 0.29) is 0 Å². The van der Waals surface area contributed by atoms with Crippen molar-refractivity contribution >= 4 is 6.85 Å². The van der Waals surface area contributed by atoms with Gasteiger partial charge in [-0.25, -0.2) is 0 Å². The van der Waals surface area contributed by atoms with E-state index < -0.39 is 0 Å². The molecule has 0 aromatic carbocycles. The maximum Gasteiger partial charge on any atom is 0.225 e. The molecule has 0 amide bonds. The third-order valence-electron chi connectivity index (χ3n) is 1.77. The van der Waals surface area contributed by atoms with E-state index in [1.54, 1.807) is 0 Å². The summed E-state index contributed by atoms with van der Waals surface area (Å²) >= 11 is 0. The van der Waals surface area contributed by atoms with Crippen molar-refractivity contribution in [1.82, 2.24) is 5.23 Å². The largest absolute Gasteiger partial charge is 0.358 e. The molecule has 0 aliphatic carbocycles. The van der Waals surface area contributed by atoms with E-state index in [1.165, 1.54) is 0 Å². The Morgan fingerprint density at radius 2 is 1.33 bits per heavy atom. The number of hydrogen-bond donors (Lipinski definition) is 1. The molecular weight excluding hydrogens is 109 g/mol. The van der Waals surface area contributed by atoms with Crippen LogP contribution in [0.5, 0.6) is 0 Å². The molecule has 0 spiro atoms. The van der Waals surface area contributed by atoms with Gasteiger partial charge in [-0.15, -0.1) is 0 Å². The van der Waals surface area contributed by atoms with Crippen LogP contribution < -0.4 is 5.23 Å². The summed E-state index contributed by atoms with van der Waals surface area (Å²) in [6.07, 6.45) is 0. The average Bonchev–Trinajstić information content (AvgIpc) is 1.64. The highest BCUT2D eigenvalue weighted by Crippen LogP contribution is 2.16. The van der Waals surface area contributed by atoms with E-state index in [2.05, 4.69) is 32.9 Å². The van der Waals surface area contributed by atoms with Gasteiger partial charge in [0.15, 0.2) is 0 Å². The van der Waals surface area contributed by atoms with Gasteiger partial charge >= 0.3 is 0 Å². The molecule has 1 nitrogen and oxygen atoms in total. The second kappa shape index (κ2) is 3.94. The molecule has 0 aromatic rings. The Balaban J connectivity index is 3.68. The molecular formula is C7H18BN. The van der Waals surface area contributed by atoms with E-state index >= 15 is 0 Å². The molecule has 0 saturated carbocycles. The normalized spacial score (nSPS) is 11.0. The van der Waals surface area contributed by atoms with Crippen molar-refractivity contribution in [3.63, 3.8) is 0 Å². The Hall–Kier alpha value is 0.0249. The number of nitrogens with one attached hydrogen (secondary N) is 1. The predicted octanol–water partition coefficient (Wildman–Crippen LogP) is 2.02. The molecule has 0 aliphatic heterocycles. The van der Waals surface area contributed by atoms with Gasteiger partial charge in [-0.1, -0.05) is 39.3 Å². The predicted molar refractivity (Wildman–Crippen MR) is 45.0 cm³/mol. The highest BCUT2D eigenvalue weighted by molar-refractivity contribution is 6.58. The molecule has 9 heavy (non-hydrogen) atoms. The Morgan fingerprint density at radius 3 is 1.33 bits per heavy atom. The first-order valence-electron chi connectivity index (χ1n) is 3.76. The van der Waals surface area contributed by atoms with Crippen molar-refractivity contribution in [1.29, 1.82) is 0 Å². The molecule has 0 bridgehead atoms. The molecule has 0 atom stereocenters. The van der Waals surface area contributed by atoms with Crippen LogP contribution in [0.25, 0.3) is 0 Å². The van der Waals surface area contributed by atoms with E-state index in [0.717, 1.165) is 11.6 Å². The van der Waals surface area contributed by atoms with Gasteiger partial charge in [0.05, 0.1) is 0 Å². The van der Waals surface area contributed by atoms with Crippen LogP contribution in [0.3, 0.4) is 0 Å². The van der Waals surface area contributed by atoms with Crippen molar-refractivity contribution in [2.75, 3.05) is 7.05 Å². The zero-order valence-electron chi connectivity index (χ0n) is 7.23. The zero-order valence-corrected chi connectivity index (χ0v) is 7.23. The lowest BCUT2D eigenvalue weighted by Gasteiger charge is -2.19. The summed E-state index contributed by atoms with van der Waals surface area (Å²) in [5, 5.41) is 3.30. The van der Waals surface area contributed by atoms with E-state index in [1.807, 2.05) is 7.05 Å². The second-order valence-electron chi connectivity index (χ2n) is 3.30. The van der Waals surface area contributed by atoms with Crippen molar-refractivity contribution < 1.29 is 0 Å². The van der Waals surface area contributed by atoms with Crippen LogP contribution in [-0.4, -0.2) is 13.9 Å². The van der Waals surface area contributed by atoms with Crippen LogP contribution in [0, 0.1) is 0 Å². The van der Waals surface area contributed by atoms with Crippen LogP contribution in [0.2, 0.25) is 11.6 Å². The van der Waals surface area contributed by atoms with Gasteiger partial charge in [0, 0.05) is 0 Å². The van der Waals surface area contributed by atoms with Gasteiger partial charge in [0.2, 0.25) is 6.85 Å². The topological polar surface area (TPSA) is 12.0 Å². The van der Waals surface area contributed by atoms with Gasteiger partial charge in [-0.3, -0.25) is 0 Å². The van der Waals surface area contributed by atoms with E-state index in [9.17, 15) is 0 Å². The molecule has 54 valence electrons.